The van der Waals surface area contributed by atoms with E-state index in [0.717, 1.165) is 16.1 Å². The largest absolute Gasteiger partial charge is 0.390 e. The van der Waals surface area contributed by atoms with Crippen LogP contribution < -0.4 is 5.56 Å². The molecule has 0 saturated heterocycles. The molecular weight excluding hydrogens is 290 g/mol. The van der Waals surface area contributed by atoms with Gasteiger partial charge in [-0.3, -0.25) is 14.0 Å². The van der Waals surface area contributed by atoms with Crippen molar-refractivity contribution in [3.05, 3.63) is 39.5 Å². The fraction of sp³-hybridized carbons (Fsp3) is 0.385. The molecule has 0 amide bonds. The topological polar surface area (TPSA) is 85.8 Å². The zero-order valence-electron chi connectivity index (χ0n) is 11.6. The Hall–Kier alpha value is -2.06. The number of fused-ring (bicyclic) bond motifs is 1. The first-order valence-corrected chi connectivity index (χ1v) is 7.50. The third-order valence-corrected chi connectivity index (χ3v) is 4.42. The van der Waals surface area contributed by atoms with Crippen molar-refractivity contribution in [2.24, 2.45) is 0 Å². The Morgan fingerprint density at radius 1 is 1.38 bits per heavy atom. The minimum atomic E-state index is -0.137. The Bertz CT molecular complexity index is 819. The summed E-state index contributed by atoms with van der Waals surface area (Å²) in [4.78, 5) is 18.7. The highest BCUT2D eigenvalue weighted by Crippen LogP contribution is 2.20. The highest BCUT2D eigenvalue weighted by atomic mass is 32.1. The highest BCUT2D eigenvalue weighted by Gasteiger charge is 2.08. The minimum absolute atomic E-state index is 0.0292. The molecule has 0 atom stereocenters. The summed E-state index contributed by atoms with van der Waals surface area (Å²) < 4.78 is 3.18. The maximum absolute atomic E-state index is 12.4. The molecule has 21 heavy (non-hydrogen) atoms. The summed E-state index contributed by atoms with van der Waals surface area (Å²) in [5, 5.41) is 17.3. The molecule has 3 aromatic heterocycles. The first-order valence-electron chi connectivity index (χ1n) is 6.69. The third-order valence-electron chi connectivity index (χ3n) is 3.24. The van der Waals surface area contributed by atoms with E-state index in [2.05, 4.69) is 22.2 Å². The quantitative estimate of drug-likeness (QED) is 0.753. The van der Waals surface area contributed by atoms with Gasteiger partial charge in [0.1, 0.15) is 10.5 Å². The van der Waals surface area contributed by atoms with Gasteiger partial charge in [-0.25, -0.2) is 4.98 Å². The van der Waals surface area contributed by atoms with Gasteiger partial charge in [-0.15, -0.1) is 16.4 Å². The van der Waals surface area contributed by atoms with E-state index in [1.807, 2.05) is 6.07 Å². The van der Waals surface area contributed by atoms with Crippen LogP contribution >= 0.6 is 11.3 Å². The number of hydrogen-bond donors (Lipinski definition) is 1. The van der Waals surface area contributed by atoms with Gasteiger partial charge in [0.05, 0.1) is 31.1 Å². The predicted octanol–water partition coefficient (Wildman–Crippen LogP) is 0.804. The van der Waals surface area contributed by atoms with Gasteiger partial charge in [0, 0.05) is 11.4 Å². The summed E-state index contributed by atoms with van der Waals surface area (Å²) in [6.07, 6.45) is 4.14. The minimum Gasteiger partial charge on any atom is -0.390 e. The van der Waals surface area contributed by atoms with E-state index < -0.39 is 0 Å². The van der Waals surface area contributed by atoms with Crippen molar-refractivity contribution in [3.63, 3.8) is 0 Å². The number of aliphatic hydroxyl groups excluding tert-OH is 1. The zero-order chi connectivity index (χ0) is 14.8. The van der Waals surface area contributed by atoms with Crippen LogP contribution in [-0.2, 0) is 26.1 Å². The van der Waals surface area contributed by atoms with Crippen LogP contribution in [0.4, 0.5) is 0 Å². The van der Waals surface area contributed by atoms with Crippen LogP contribution in [0.3, 0.4) is 0 Å². The van der Waals surface area contributed by atoms with Crippen molar-refractivity contribution in [1.29, 1.82) is 0 Å². The van der Waals surface area contributed by atoms with Crippen molar-refractivity contribution in [1.82, 2.24) is 24.5 Å². The van der Waals surface area contributed by atoms with Crippen molar-refractivity contribution in [3.8, 4) is 0 Å². The number of aromatic nitrogens is 5. The van der Waals surface area contributed by atoms with Crippen LogP contribution in [0.15, 0.2) is 23.4 Å². The monoisotopic (exact) mass is 305 g/mol. The lowest BCUT2D eigenvalue weighted by atomic mass is 10.3. The fourth-order valence-corrected chi connectivity index (χ4v) is 3.00. The molecule has 110 valence electrons. The second-order valence-corrected chi connectivity index (χ2v) is 5.77. The number of aryl methyl sites for hydroxylation is 3. The molecule has 7 nitrogen and oxygen atoms in total. The van der Waals surface area contributed by atoms with Crippen LogP contribution in [-0.4, -0.2) is 29.7 Å². The molecule has 0 fully saturated rings. The van der Waals surface area contributed by atoms with E-state index in [9.17, 15) is 4.79 Å². The smallest absolute Gasteiger partial charge is 0.262 e. The molecule has 0 aromatic carbocycles. The van der Waals surface area contributed by atoms with E-state index in [4.69, 9.17) is 5.11 Å². The van der Waals surface area contributed by atoms with E-state index >= 15 is 0 Å². The average Bonchev–Trinajstić information content (AvgIpc) is 3.13. The van der Waals surface area contributed by atoms with Gasteiger partial charge in [-0.05, 0) is 12.5 Å². The van der Waals surface area contributed by atoms with E-state index in [1.54, 1.807) is 33.1 Å². The molecule has 0 spiro atoms. The molecule has 3 heterocycles. The molecule has 8 heteroatoms. The molecule has 1 N–H and O–H groups in total. The molecule has 0 radical (unpaired) electrons. The van der Waals surface area contributed by atoms with Crippen LogP contribution in [0, 0.1) is 0 Å². The lowest BCUT2D eigenvalue weighted by Gasteiger charge is -2.04. The summed E-state index contributed by atoms with van der Waals surface area (Å²) in [7, 11) is 0. The molecular formula is C13H15N5O2S. The number of nitrogens with zero attached hydrogens (tertiary/aromatic N) is 5. The summed E-state index contributed by atoms with van der Waals surface area (Å²) >= 11 is 1.56. The Morgan fingerprint density at radius 2 is 2.24 bits per heavy atom. The number of hydrogen-bond acceptors (Lipinski definition) is 6. The van der Waals surface area contributed by atoms with E-state index in [-0.39, 0.29) is 12.2 Å². The fourth-order valence-electron chi connectivity index (χ4n) is 2.07. The van der Waals surface area contributed by atoms with Gasteiger partial charge in [-0.2, -0.15) is 0 Å². The first kappa shape index (κ1) is 13.9. The van der Waals surface area contributed by atoms with Gasteiger partial charge < -0.3 is 5.11 Å². The number of aliphatic hydroxyl groups is 1. The Labute approximate surface area is 124 Å². The van der Waals surface area contributed by atoms with Crippen LogP contribution in [0.5, 0.6) is 0 Å². The maximum atomic E-state index is 12.4. The molecule has 0 aliphatic rings. The molecule has 0 aliphatic carbocycles. The second kappa shape index (κ2) is 5.74. The lowest BCUT2D eigenvalue weighted by Crippen LogP contribution is -2.22. The van der Waals surface area contributed by atoms with E-state index in [1.165, 1.54) is 0 Å². The van der Waals surface area contributed by atoms with Gasteiger partial charge in [-0.1, -0.05) is 12.1 Å². The van der Waals surface area contributed by atoms with Crippen molar-refractivity contribution in [2.45, 2.75) is 33.0 Å². The second-order valence-electron chi connectivity index (χ2n) is 4.66. The SMILES string of the molecule is CCc1cc2c(=O)n(CCn3cc(CO)nn3)cnc2s1. The molecule has 3 rings (SSSR count). The summed E-state index contributed by atoms with van der Waals surface area (Å²) in [6.45, 7) is 2.90. The molecule has 0 aliphatic heterocycles. The van der Waals surface area contributed by atoms with Crippen molar-refractivity contribution >= 4 is 21.6 Å². The third kappa shape index (κ3) is 2.72. The van der Waals surface area contributed by atoms with Crippen LogP contribution in [0.1, 0.15) is 17.5 Å². The summed E-state index contributed by atoms with van der Waals surface area (Å²) in [6, 6.07) is 1.92. The van der Waals surface area contributed by atoms with Gasteiger partial charge in [0.15, 0.2) is 0 Å². The molecule has 0 unspecified atom stereocenters. The lowest BCUT2D eigenvalue weighted by molar-refractivity contribution is 0.276. The molecule has 0 bridgehead atoms. The molecule has 3 aromatic rings. The normalized spacial score (nSPS) is 11.3. The van der Waals surface area contributed by atoms with Crippen molar-refractivity contribution < 1.29 is 5.11 Å². The van der Waals surface area contributed by atoms with Crippen LogP contribution in [0.2, 0.25) is 0 Å². The highest BCUT2D eigenvalue weighted by molar-refractivity contribution is 7.18. The standard InChI is InChI=1S/C13H15N5O2S/c1-2-10-5-11-12(21-10)14-8-17(13(11)20)3-4-18-6-9(7-19)15-16-18/h5-6,8,19H,2-4,7H2,1H3. The average molecular weight is 305 g/mol. The van der Waals surface area contributed by atoms with Crippen LogP contribution in [0.25, 0.3) is 10.2 Å². The molecule has 0 saturated carbocycles. The van der Waals surface area contributed by atoms with Crippen molar-refractivity contribution in [2.75, 3.05) is 0 Å². The maximum Gasteiger partial charge on any atom is 0.262 e. The predicted molar refractivity (Wildman–Crippen MR) is 79.2 cm³/mol. The summed E-state index contributed by atoms with van der Waals surface area (Å²) in [5.41, 5.74) is 0.486. The summed E-state index contributed by atoms with van der Waals surface area (Å²) in [5.74, 6) is 0. The Balaban J connectivity index is 1.83. The number of rotatable bonds is 5. The Kier molecular flexibility index (Phi) is 3.80. The first-order chi connectivity index (χ1) is 10.2. The van der Waals surface area contributed by atoms with Gasteiger partial charge in [0.2, 0.25) is 0 Å². The zero-order valence-corrected chi connectivity index (χ0v) is 12.4. The van der Waals surface area contributed by atoms with E-state index in [0.29, 0.717) is 24.2 Å². The van der Waals surface area contributed by atoms with Gasteiger partial charge in [0.25, 0.3) is 5.56 Å². The van der Waals surface area contributed by atoms with Gasteiger partial charge >= 0.3 is 0 Å². The Morgan fingerprint density at radius 3 is 2.95 bits per heavy atom. The number of thiophene rings is 1.